The first-order valence-corrected chi connectivity index (χ1v) is 8.92. The summed E-state index contributed by atoms with van der Waals surface area (Å²) in [6.45, 7) is 6.35. The minimum absolute atomic E-state index is 0.123. The number of nitrogens with one attached hydrogen (secondary N) is 1. The number of hydrogen-bond acceptors (Lipinski definition) is 6. The molecule has 0 saturated heterocycles. The van der Waals surface area contributed by atoms with Gasteiger partial charge in [0.15, 0.2) is 5.82 Å². The van der Waals surface area contributed by atoms with Gasteiger partial charge in [-0.1, -0.05) is 36.7 Å². The summed E-state index contributed by atoms with van der Waals surface area (Å²) in [5, 5.41) is 11.4. The number of carbonyl (C=O) groups excluding carboxylic acids is 1. The van der Waals surface area contributed by atoms with Crippen LogP contribution in [0.25, 0.3) is 11.5 Å². The fourth-order valence-electron chi connectivity index (χ4n) is 2.74. The van der Waals surface area contributed by atoms with Gasteiger partial charge >= 0.3 is 0 Å². The van der Waals surface area contributed by atoms with Crippen molar-refractivity contribution >= 4 is 17.5 Å². The quantitative estimate of drug-likeness (QED) is 0.652. The van der Waals surface area contributed by atoms with Crippen LogP contribution in [0.3, 0.4) is 0 Å². The summed E-state index contributed by atoms with van der Waals surface area (Å²) in [6, 6.07) is 3.67. The molecule has 0 radical (unpaired) electrons. The molecule has 0 bridgehead atoms. The number of likely N-dealkylation sites (N-methyl/N-ethyl adjacent to an activating group) is 1. The molecule has 3 aromatic rings. The fraction of sp³-hybridized carbons (Fsp3) is 0.389. The summed E-state index contributed by atoms with van der Waals surface area (Å²) >= 11 is 5.92. The number of pyridine rings is 1. The molecule has 142 valence electrons. The van der Waals surface area contributed by atoms with Gasteiger partial charge in [0.2, 0.25) is 5.91 Å². The van der Waals surface area contributed by atoms with Crippen molar-refractivity contribution < 1.29 is 9.32 Å². The van der Waals surface area contributed by atoms with Crippen LogP contribution in [0.1, 0.15) is 32.2 Å². The normalized spacial score (nSPS) is 13.6. The van der Waals surface area contributed by atoms with Crippen molar-refractivity contribution in [3.05, 3.63) is 47.3 Å². The number of rotatable bonds is 6. The molecular weight excluding hydrogens is 368 g/mol. The third kappa shape index (κ3) is 3.71. The first-order chi connectivity index (χ1) is 12.8. The number of amides is 1. The second-order valence-corrected chi connectivity index (χ2v) is 7.14. The van der Waals surface area contributed by atoms with E-state index in [1.807, 2.05) is 13.0 Å². The van der Waals surface area contributed by atoms with Gasteiger partial charge in [-0.25, -0.2) is 4.98 Å². The number of nitrogens with zero attached hydrogens (tertiary/aromatic N) is 5. The molecule has 0 aliphatic rings. The van der Waals surface area contributed by atoms with E-state index in [-0.39, 0.29) is 18.4 Å². The van der Waals surface area contributed by atoms with E-state index in [1.165, 1.54) is 4.68 Å². The minimum Gasteiger partial charge on any atom is -0.358 e. The van der Waals surface area contributed by atoms with Crippen molar-refractivity contribution in [3.8, 4) is 11.5 Å². The highest BCUT2D eigenvalue weighted by atomic mass is 35.5. The zero-order valence-corrected chi connectivity index (χ0v) is 16.4. The highest BCUT2D eigenvalue weighted by molar-refractivity contribution is 6.29. The summed E-state index contributed by atoms with van der Waals surface area (Å²) < 4.78 is 6.99. The van der Waals surface area contributed by atoms with Gasteiger partial charge in [0.1, 0.15) is 11.7 Å². The summed E-state index contributed by atoms with van der Waals surface area (Å²) in [5.41, 5.74) is 1.10. The fourth-order valence-corrected chi connectivity index (χ4v) is 2.85. The molecule has 3 aromatic heterocycles. The maximum Gasteiger partial charge on any atom is 0.261 e. The summed E-state index contributed by atoms with van der Waals surface area (Å²) in [7, 11) is 1.58. The van der Waals surface area contributed by atoms with E-state index in [4.69, 9.17) is 16.1 Å². The third-order valence-corrected chi connectivity index (χ3v) is 5.06. The van der Waals surface area contributed by atoms with E-state index in [9.17, 15) is 4.79 Å². The van der Waals surface area contributed by atoms with E-state index in [0.29, 0.717) is 22.4 Å². The molecule has 0 saturated carbocycles. The minimum atomic E-state index is -0.503. The number of aromatic nitrogens is 5. The standard InChI is InChI=1S/C18H21ClN6O2/c1-11(2)18(3,13-5-6-14(19)21-8-13)17-23-16(27-24-17)12-7-22-25(9-12)10-15(26)20-4/h5-9,11H,10H2,1-4H3,(H,20,26). The van der Waals surface area contributed by atoms with Crippen LogP contribution in [0.5, 0.6) is 0 Å². The Kier molecular flexibility index (Phi) is 5.27. The van der Waals surface area contributed by atoms with Gasteiger partial charge in [-0.3, -0.25) is 9.48 Å². The van der Waals surface area contributed by atoms with Crippen LogP contribution in [0, 0.1) is 5.92 Å². The number of carbonyl (C=O) groups is 1. The highest BCUT2D eigenvalue weighted by Gasteiger charge is 2.38. The van der Waals surface area contributed by atoms with E-state index >= 15 is 0 Å². The zero-order chi connectivity index (χ0) is 19.6. The Hall–Kier alpha value is -2.74. The molecule has 9 heteroatoms. The Balaban J connectivity index is 1.93. The first kappa shape index (κ1) is 19.0. The zero-order valence-electron chi connectivity index (χ0n) is 15.6. The van der Waals surface area contributed by atoms with Gasteiger partial charge in [-0.2, -0.15) is 10.1 Å². The van der Waals surface area contributed by atoms with Crippen LogP contribution in [0.4, 0.5) is 0 Å². The van der Waals surface area contributed by atoms with Gasteiger partial charge in [0.25, 0.3) is 5.89 Å². The van der Waals surface area contributed by atoms with Gasteiger partial charge in [0, 0.05) is 19.4 Å². The van der Waals surface area contributed by atoms with Crippen molar-refractivity contribution in [2.45, 2.75) is 32.7 Å². The van der Waals surface area contributed by atoms with Crippen LogP contribution >= 0.6 is 11.6 Å². The van der Waals surface area contributed by atoms with Gasteiger partial charge < -0.3 is 9.84 Å². The molecule has 1 atom stereocenters. The van der Waals surface area contributed by atoms with Crippen molar-refractivity contribution in [1.29, 1.82) is 0 Å². The number of hydrogen-bond donors (Lipinski definition) is 1. The third-order valence-electron chi connectivity index (χ3n) is 4.84. The van der Waals surface area contributed by atoms with Gasteiger partial charge in [0.05, 0.1) is 17.2 Å². The van der Waals surface area contributed by atoms with E-state index in [2.05, 4.69) is 39.4 Å². The van der Waals surface area contributed by atoms with E-state index in [0.717, 1.165) is 5.56 Å². The van der Waals surface area contributed by atoms with Crippen LogP contribution in [0.2, 0.25) is 5.15 Å². The largest absolute Gasteiger partial charge is 0.358 e. The molecule has 1 N–H and O–H groups in total. The highest BCUT2D eigenvalue weighted by Crippen LogP contribution is 2.38. The van der Waals surface area contributed by atoms with E-state index in [1.54, 1.807) is 31.7 Å². The smallest absolute Gasteiger partial charge is 0.261 e. The molecule has 0 spiro atoms. The van der Waals surface area contributed by atoms with Crippen LogP contribution in [-0.2, 0) is 16.8 Å². The molecule has 3 heterocycles. The Labute approximate surface area is 161 Å². The van der Waals surface area contributed by atoms with Crippen LogP contribution in [-0.4, -0.2) is 37.9 Å². The van der Waals surface area contributed by atoms with Crippen molar-refractivity contribution in [3.63, 3.8) is 0 Å². The van der Waals surface area contributed by atoms with Crippen LogP contribution < -0.4 is 5.32 Å². The maximum absolute atomic E-state index is 11.5. The average molecular weight is 389 g/mol. The molecule has 1 amide bonds. The second kappa shape index (κ2) is 7.48. The lowest BCUT2D eigenvalue weighted by atomic mass is 9.73. The molecule has 0 aliphatic heterocycles. The Bertz CT molecular complexity index is 933. The molecule has 8 nitrogen and oxygen atoms in total. The molecule has 1 unspecified atom stereocenters. The van der Waals surface area contributed by atoms with Crippen molar-refractivity contribution in [2.75, 3.05) is 7.05 Å². The van der Waals surface area contributed by atoms with Crippen molar-refractivity contribution in [2.24, 2.45) is 5.92 Å². The molecule has 0 aromatic carbocycles. The molecule has 3 rings (SSSR count). The molecule has 0 aliphatic carbocycles. The first-order valence-electron chi connectivity index (χ1n) is 8.54. The number of halogens is 1. The lowest BCUT2D eigenvalue weighted by Crippen LogP contribution is -2.31. The predicted molar refractivity (Wildman–Crippen MR) is 100 cm³/mol. The Morgan fingerprint density at radius 2 is 2.15 bits per heavy atom. The van der Waals surface area contributed by atoms with E-state index < -0.39 is 5.41 Å². The second-order valence-electron chi connectivity index (χ2n) is 6.75. The topological polar surface area (TPSA) is 98.7 Å². The average Bonchev–Trinajstić information content (AvgIpc) is 3.30. The maximum atomic E-state index is 11.5. The van der Waals surface area contributed by atoms with Crippen LogP contribution in [0.15, 0.2) is 35.2 Å². The monoisotopic (exact) mass is 388 g/mol. The lowest BCUT2D eigenvalue weighted by Gasteiger charge is -2.30. The molecular formula is C18H21ClN6O2. The molecule has 27 heavy (non-hydrogen) atoms. The van der Waals surface area contributed by atoms with Gasteiger partial charge in [-0.05, 0) is 24.5 Å². The Morgan fingerprint density at radius 1 is 1.37 bits per heavy atom. The SMILES string of the molecule is CNC(=O)Cn1cc(-c2nc(C(C)(c3ccc(Cl)nc3)C(C)C)no2)cn1. The predicted octanol–water partition coefficient (Wildman–Crippen LogP) is 2.69. The molecule has 0 fully saturated rings. The summed E-state index contributed by atoms with van der Waals surface area (Å²) in [5.74, 6) is 0.943. The lowest BCUT2D eigenvalue weighted by molar-refractivity contribution is -0.121. The summed E-state index contributed by atoms with van der Waals surface area (Å²) in [6.07, 6.45) is 5.03. The van der Waals surface area contributed by atoms with Crippen molar-refractivity contribution in [1.82, 2.24) is 30.2 Å². The van der Waals surface area contributed by atoms with Gasteiger partial charge in [-0.15, -0.1) is 0 Å². The summed E-state index contributed by atoms with van der Waals surface area (Å²) in [4.78, 5) is 20.3. The Morgan fingerprint density at radius 3 is 2.78 bits per heavy atom.